The van der Waals surface area contributed by atoms with Gasteiger partial charge >= 0.3 is 0 Å². The van der Waals surface area contributed by atoms with E-state index in [9.17, 15) is 0 Å². The van der Waals surface area contributed by atoms with Gasteiger partial charge in [0.05, 0.1) is 28.1 Å². The van der Waals surface area contributed by atoms with Crippen LogP contribution in [0.15, 0.2) is 224 Å². The minimum atomic E-state index is -0.174. The van der Waals surface area contributed by atoms with Crippen LogP contribution in [0.1, 0.15) is 17.3 Å². The van der Waals surface area contributed by atoms with Gasteiger partial charge in [0.15, 0.2) is 0 Å². The Labute approximate surface area is 362 Å². The van der Waals surface area contributed by atoms with Gasteiger partial charge in [-0.25, -0.2) is 0 Å². The maximum atomic E-state index is 6.83. The van der Waals surface area contributed by atoms with Crippen LogP contribution < -0.4 is 19.9 Å². The van der Waals surface area contributed by atoms with E-state index in [0.29, 0.717) is 6.67 Å². The smallest absolute Gasteiger partial charge is 0.130 e. The molecule has 0 bridgehead atoms. The summed E-state index contributed by atoms with van der Waals surface area (Å²) in [6.07, 6.45) is -0.174. The van der Waals surface area contributed by atoms with Crippen molar-refractivity contribution in [3.8, 4) is 33.8 Å². The molecule has 0 saturated carbocycles. The van der Waals surface area contributed by atoms with E-state index in [2.05, 4.69) is 245 Å². The highest BCUT2D eigenvalue weighted by Crippen LogP contribution is 2.50. The Morgan fingerprint density at radius 2 is 1.05 bits per heavy atom. The summed E-state index contributed by atoms with van der Waals surface area (Å²) in [6.45, 7) is 2.75. The van der Waals surface area contributed by atoms with Crippen molar-refractivity contribution < 1.29 is 4.74 Å². The highest BCUT2D eigenvalue weighted by atomic mass is 16.5. The van der Waals surface area contributed by atoms with Gasteiger partial charge in [-0.3, -0.25) is 0 Å². The number of hydrogen-bond acceptors (Lipinski definition) is 4. The molecule has 0 saturated heterocycles. The summed E-state index contributed by atoms with van der Waals surface area (Å²) in [5.74, 6) is 1.54. The van der Waals surface area contributed by atoms with E-state index in [1.54, 1.807) is 0 Å². The summed E-state index contributed by atoms with van der Waals surface area (Å²) >= 11 is 0. The number of aromatic nitrogens is 1. The summed E-state index contributed by atoms with van der Waals surface area (Å²) in [7, 11) is 0. The molecular formula is C57H44N4O. The quantitative estimate of drug-likeness (QED) is 0.149. The number of rotatable bonds is 10. The first-order valence-corrected chi connectivity index (χ1v) is 21.2. The molecule has 1 atom stereocenters. The van der Waals surface area contributed by atoms with Gasteiger partial charge in [-0.05, 0) is 78.2 Å². The molecule has 5 nitrogen and oxygen atoms in total. The van der Waals surface area contributed by atoms with Crippen LogP contribution in [0.2, 0.25) is 0 Å². The van der Waals surface area contributed by atoms with Gasteiger partial charge < -0.3 is 24.4 Å². The van der Waals surface area contributed by atoms with E-state index < -0.39 is 0 Å². The predicted molar refractivity (Wildman–Crippen MR) is 258 cm³/mol. The Balaban J connectivity index is 0.972. The summed E-state index contributed by atoms with van der Waals surface area (Å²) in [5, 5.41) is 6.25. The molecule has 1 aliphatic heterocycles. The number of hydrogen-bond donors (Lipinski definition) is 1. The molecule has 9 aromatic carbocycles. The largest absolute Gasteiger partial charge is 0.457 e. The number of aryl methyl sites for hydroxylation is 1. The van der Waals surface area contributed by atoms with Gasteiger partial charge in [0.2, 0.25) is 0 Å². The maximum Gasteiger partial charge on any atom is 0.130 e. The van der Waals surface area contributed by atoms with Gasteiger partial charge in [-0.1, -0.05) is 163 Å². The summed E-state index contributed by atoms with van der Waals surface area (Å²) in [6, 6.07) is 79.7. The SMILES string of the molecule is Cc1ccc(NC(c2ccccc2)n2c3ccccc3c3ccc(Oc4cccc(N5CN(c6c(-c7ccccc7)cccc6-c6ccccc6)c6ccccc65)c4)cc32)cc1. The summed E-state index contributed by atoms with van der Waals surface area (Å²) in [5.41, 5.74) is 15.0. The van der Waals surface area contributed by atoms with Crippen LogP contribution >= 0.6 is 0 Å². The van der Waals surface area contributed by atoms with Crippen LogP contribution in [0.25, 0.3) is 44.1 Å². The zero-order valence-corrected chi connectivity index (χ0v) is 34.4. The van der Waals surface area contributed by atoms with Crippen molar-refractivity contribution in [1.29, 1.82) is 0 Å². The van der Waals surface area contributed by atoms with Crippen LogP contribution in [0.3, 0.4) is 0 Å². The lowest BCUT2D eigenvalue weighted by molar-refractivity contribution is 0.483. The van der Waals surface area contributed by atoms with Gasteiger partial charge in [-0.15, -0.1) is 0 Å². The van der Waals surface area contributed by atoms with Gasteiger partial charge in [-0.2, -0.15) is 0 Å². The lowest BCUT2D eigenvalue weighted by atomic mass is 9.95. The zero-order valence-electron chi connectivity index (χ0n) is 34.4. The fourth-order valence-corrected chi connectivity index (χ4v) is 9.07. The number of anilines is 5. The molecule has 1 aromatic heterocycles. The van der Waals surface area contributed by atoms with Crippen LogP contribution in [-0.2, 0) is 0 Å². The van der Waals surface area contributed by atoms with Gasteiger partial charge in [0.1, 0.15) is 24.3 Å². The van der Waals surface area contributed by atoms with E-state index in [4.69, 9.17) is 4.74 Å². The monoisotopic (exact) mass is 800 g/mol. The average Bonchev–Trinajstić information content (AvgIpc) is 3.88. The third-order valence-electron chi connectivity index (χ3n) is 12.0. The number of fused-ring (bicyclic) bond motifs is 4. The van der Waals surface area contributed by atoms with Crippen molar-refractivity contribution in [2.75, 3.05) is 21.8 Å². The third-order valence-corrected chi connectivity index (χ3v) is 12.0. The first-order valence-electron chi connectivity index (χ1n) is 21.2. The second kappa shape index (κ2) is 15.9. The summed E-state index contributed by atoms with van der Waals surface area (Å²) < 4.78 is 9.25. The van der Waals surface area contributed by atoms with E-state index in [1.807, 2.05) is 6.07 Å². The number of para-hydroxylation sites is 4. The van der Waals surface area contributed by atoms with E-state index in [-0.39, 0.29) is 6.17 Å². The Bertz CT molecular complexity index is 3120. The molecule has 2 heterocycles. The maximum absolute atomic E-state index is 6.83. The van der Waals surface area contributed by atoms with E-state index in [1.165, 1.54) is 44.3 Å². The van der Waals surface area contributed by atoms with Crippen LogP contribution in [0.4, 0.5) is 28.4 Å². The van der Waals surface area contributed by atoms with Crippen LogP contribution in [-0.4, -0.2) is 11.2 Å². The third kappa shape index (κ3) is 6.80. The fourth-order valence-electron chi connectivity index (χ4n) is 9.07. The molecular weight excluding hydrogens is 757 g/mol. The topological polar surface area (TPSA) is 32.7 Å². The van der Waals surface area contributed by atoms with Crippen LogP contribution in [0.5, 0.6) is 11.5 Å². The Morgan fingerprint density at radius 1 is 0.468 bits per heavy atom. The van der Waals surface area contributed by atoms with E-state index in [0.717, 1.165) is 50.8 Å². The van der Waals surface area contributed by atoms with Gasteiger partial charge in [0, 0.05) is 45.4 Å². The molecule has 0 fully saturated rings. The molecule has 0 amide bonds. The standard InChI is InChI=1S/C57H44N4O/c1-40-31-33-44(34-32-40)58-57(43-21-9-4-10-22-43)61-52-28-12-11-25-50(52)51-36-35-47(38-55(51)61)62-46-24-15-23-45(37-46)59-39-60(54-30-14-13-29-53(54)59)56-48(41-17-5-2-6-18-41)26-16-27-49(56)42-19-7-3-8-20-42/h2-38,57-58H,39H2,1H3. The van der Waals surface area contributed by atoms with Crippen molar-refractivity contribution >= 4 is 50.2 Å². The minimum absolute atomic E-state index is 0.174. The lowest BCUT2D eigenvalue weighted by Crippen LogP contribution is -2.24. The van der Waals surface area contributed by atoms with Crippen molar-refractivity contribution in [3.63, 3.8) is 0 Å². The Morgan fingerprint density at radius 3 is 1.76 bits per heavy atom. The molecule has 1 N–H and O–H groups in total. The van der Waals surface area contributed by atoms with Gasteiger partial charge in [0.25, 0.3) is 0 Å². The predicted octanol–water partition coefficient (Wildman–Crippen LogP) is 15.1. The van der Waals surface area contributed by atoms with Crippen molar-refractivity contribution in [3.05, 3.63) is 236 Å². The molecule has 1 unspecified atom stereocenters. The Kier molecular flexibility index (Phi) is 9.47. The lowest BCUT2D eigenvalue weighted by Gasteiger charge is -2.27. The first kappa shape index (κ1) is 37.0. The molecule has 10 aromatic rings. The van der Waals surface area contributed by atoms with Crippen molar-refractivity contribution in [2.24, 2.45) is 0 Å². The normalized spacial score (nSPS) is 12.7. The van der Waals surface area contributed by atoms with Crippen molar-refractivity contribution in [2.45, 2.75) is 13.1 Å². The first-order chi connectivity index (χ1) is 30.7. The molecule has 11 rings (SSSR count). The Hall–Kier alpha value is -8.02. The molecule has 298 valence electrons. The second-order valence-electron chi connectivity index (χ2n) is 15.9. The molecule has 1 aliphatic rings. The fraction of sp³-hybridized carbons (Fsp3) is 0.0526. The minimum Gasteiger partial charge on any atom is -0.457 e. The average molecular weight is 801 g/mol. The number of nitrogens with zero attached hydrogens (tertiary/aromatic N) is 3. The zero-order chi connectivity index (χ0) is 41.4. The van der Waals surface area contributed by atoms with Crippen molar-refractivity contribution in [1.82, 2.24) is 4.57 Å². The molecule has 0 radical (unpaired) electrons. The number of benzene rings is 9. The second-order valence-corrected chi connectivity index (χ2v) is 15.9. The highest BCUT2D eigenvalue weighted by molar-refractivity contribution is 6.09. The van der Waals surface area contributed by atoms with E-state index >= 15 is 0 Å². The number of ether oxygens (including phenoxy) is 1. The summed E-state index contributed by atoms with van der Waals surface area (Å²) in [4.78, 5) is 4.86. The number of nitrogens with one attached hydrogen (secondary N) is 1. The molecule has 0 spiro atoms. The molecule has 62 heavy (non-hydrogen) atoms. The molecule has 5 heteroatoms. The highest BCUT2D eigenvalue weighted by Gasteiger charge is 2.31. The molecule has 0 aliphatic carbocycles. The van der Waals surface area contributed by atoms with Crippen LogP contribution in [0, 0.1) is 6.92 Å².